The number of imidazole rings is 1. The number of hydrogen-bond donors (Lipinski definition) is 4. The summed E-state index contributed by atoms with van der Waals surface area (Å²) in [6.45, 7) is 8.62. The fourth-order valence-corrected chi connectivity index (χ4v) is 7.45. The molecule has 1 aliphatic carbocycles. The van der Waals surface area contributed by atoms with Crippen molar-refractivity contribution in [2.24, 2.45) is 11.7 Å². The molecule has 5 aromatic rings. The van der Waals surface area contributed by atoms with Crippen LogP contribution in [0.5, 0.6) is 0 Å². The second-order valence-corrected chi connectivity index (χ2v) is 15.8. The number of aromatic amines is 1. The monoisotopic (exact) mass is 734 g/mol. The molecule has 0 radical (unpaired) electrons. The van der Waals surface area contributed by atoms with E-state index in [1.165, 1.54) is 55.3 Å². The Hall–Kier alpha value is -5.16. The number of carboxylic acids is 1. The number of aliphatic carboxylic acids is 1. The van der Waals surface area contributed by atoms with E-state index >= 15 is 0 Å². The lowest BCUT2D eigenvalue weighted by atomic mass is 9.78. The van der Waals surface area contributed by atoms with E-state index < -0.39 is 17.9 Å². The molecular formula is C42H50N6O4S. The first-order chi connectivity index (χ1) is 25.4. The van der Waals surface area contributed by atoms with Gasteiger partial charge in [-0.15, -0.1) is 11.3 Å². The number of nitrogens with one attached hydrogen (secondary N) is 2. The van der Waals surface area contributed by atoms with Crippen molar-refractivity contribution in [2.45, 2.75) is 96.4 Å². The molecule has 2 amide bonds. The van der Waals surface area contributed by atoms with Crippen LogP contribution in [0.2, 0.25) is 0 Å². The number of aromatic nitrogens is 4. The molecular weight excluding hydrogens is 685 g/mol. The van der Waals surface area contributed by atoms with Crippen molar-refractivity contribution in [2.75, 3.05) is 0 Å². The third-order valence-corrected chi connectivity index (χ3v) is 11.3. The summed E-state index contributed by atoms with van der Waals surface area (Å²) in [5, 5.41) is 11.1. The number of amides is 2. The van der Waals surface area contributed by atoms with Crippen molar-refractivity contribution in [1.29, 1.82) is 0 Å². The molecule has 3 aromatic heterocycles. The van der Waals surface area contributed by atoms with Gasteiger partial charge < -0.3 is 21.1 Å². The lowest BCUT2D eigenvalue weighted by Crippen LogP contribution is -2.45. The molecule has 11 heteroatoms. The van der Waals surface area contributed by atoms with E-state index in [0.29, 0.717) is 29.5 Å². The maximum atomic E-state index is 12.8. The van der Waals surface area contributed by atoms with Crippen LogP contribution in [-0.2, 0) is 27.8 Å². The van der Waals surface area contributed by atoms with Crippen molar-refractivity contribution in [3.63, 3.8) is 0 Å². The Kier molecular flexibility index (Phi) is 13.3. The highest BCUT2D eigenvalue weighted by molar-refractivity contribution is 7.14. The fourth-order valence-electron chi connectivity index (χ4n) is 6.48. The van der Waals surface area contributed by atoms with E-state index in [1.807, 2.05) is 42.7 Å². The third-order valence-electron chi connectivity index (χ3n) is 9.82. The second-order valence-electron chi connectivity index (χ2n) is 14.8. The Bertz CT molecular complexity index is 1920. The average molecular weight is 735 g/mol. The number of carbonyl (C=O) groups is 3. The van der Waals surface area contributed by atoms with Gasteiger partial charge in [-0.05, 0) is 78.2 Å². The van der Waals surface area contributed by atoms with Crippen LogP contribution in [0.15, 0.2) is 85.6 Å². The molecule has 1 saturated carbocycles. The van der Waals surface area contributed by atoms with Gasteiger partial charge in [0, 0.05) is 46.7 Å². The number of primary amides is 1. The van der Waals surface area contributed by atoms with Gasteiger partial charge in [0.1, 0.15) is 6.04 Å². The summed E-state index contributed by atoms with van der Waals surface area (Å²) in [7, 11) is 0. The first-order valence-corrected chi connectivity index (χ1v) is 19.1. The minimum atomic E-state index is -0.813. The number of thiophene rings is 1. The predicted molar refractivity (Wildman–Crippen MR) is 210 cm³/mol. The van der Waals surface area contributed by atoms with E-state index in [1.54, 1.807) is 12.3 Å². The lowest BCUT2D eigenvalue weighted by Gasteiger charge is -2.28. The van der Waals surface area contributed by atoms with Gasteiger partial charge in [-0.1, -0.05) is 82.6 Å². The van der Waals surface area contributed by atoms with Crippen LogP contribution in [0.3, 0.4) is 0 Å². The molecule has 278 valence electrons. The summed E-state index contributed by atoms with van der Waals surface area (Å²) in [4.78, 5) is 52.6. The lowest BCUT2D eigenvalue weighted by molar-refractivity contribution is -0.137. The molecule has 1 atom stereocenters. The normalized spacial score (nSPS) is 16.2. The fraction of sp³-hybridized carbons (Fsp3) is 0.381. The highest BCUT2D eigenvalue weighted by Gasteiger charge is 2.24. The molecule has 1 unspecified atom stereocenters. The zero-order valence-electron chi connectivity index (χ0n) is 31.0. The summed E-state index contributed by atoms with van der Waals surface area (Å²) in [5.74, 6) is 0.571. The molecule has 10 nitrogen and oxygen atoms in total. The van der Waals surface area contributed by atoms with E-state index in [2.05, 4.69) is 77.2 Å². The Morgan fingerprint density at radius 2 is 1.57 bits per heavy atom. The number of rotatable bonds is 12. The highest BCUT2D eigenvalue weighted by Crippen LogP contribution is 2.37. The highest BCUT2D eigenvalue weighted by atomic mass is 32.1. The number of H-pyrrole nitrogens is 1. The molecule has 5 N–H and O–H groups in total. The second kappa shape index (κ2) is 18.1. The molecule has 1 aliphatic rings. The molecule has 6 rings (SSSR count). The first-order valence-electron chi connectivity index (χ1n) is 18.3. The van der Waals surface area contributed by atoms with E-state index in [4.69, 9.17) is 10.8 Å². The minimum absolute atomic E-state index is 0.0450. The Morgan fingerprint density at radius 3 is 2.11 bits per heavy atom. The number of nitrogens with zero attached hydrogens (tertiary/aromatic N) is 3. The Labute approximate surface area is 315 Å². The van der Waals surface area contributed by atoms with Gasteiger partial charge in [0.15, 0.2) is 5.82 Å². The van der Waals surface area contributed by atoms with Gasteiger partial charge >= 0.3 is 5.97 Å². The molecule has 2 aromatic carbocycles. The molecule has 0 bridgehead atoms. The Balaban J connectivity index is 0.000000469. The minimum Gasteiger partial charge on any atom is -0.481 e. The topological polar surface area (TPSA) is 164 Å². The van der Waals surface area contributed by atoms with Gasteiger partial charge in [0.25, 0.3) is 5.91 Å². The van der Waals surface area contributed by atoms with Gasteiger partial charge in [-0.25, -0.2) is 15.0 Å². The van der Waals surface area contributed by atoms with Gasteiger partial charge in [0.05, 0.1) is 17.6 Å². The SMILES string of the molecule is CCC1CCC(c2ccc(-c3cnc(-c4ccc(CC(NC(=O)c5ccc(C(C)(C)C)s5)C(N)=O)cc4)nc3)cc2)CC1.O=C(O)CCc1cnc[nH]1. The smallest absolute Gasteiger partial charge is 0.303 e. The number of aryl methyl sites for hydroxylation is 1. The summed E-state index contributed by atoms with van der Waals surface area (Å²) < 4.78 is 0. The summed E-state index contributed by atoms with van der Waals surface area (Å²) >= 11 is 1.44. The van der Waals surface area contributed by atoms with Gasteiger partial charge in [-0.3, -0.25) is 14.4 Å². The van der Waals surface area contributed by atoms with Crippen molar-refractivity contribution >= 4 is 29.1 Å². The summed E-state index contributed by atoms with van der Waals surface area (Å²) in [5.41, 5.74) is 11.8. The summed E-state index contributed by atoms with van der Waals surface area (Å²) in [6, 6.07) is 19.6. The molecule has 0 aliphatic heterocycles. The van der Waals surface area contributed by atoms with E-state index in [-0.39, 0.29) is 17.7 Å². The average Bonchev–Trinajstić information content (AvgIpc) is 3.88. The molecule has 0 saturated heterocycles. The number of carboxylic acid groups (broad SMARTS) is 1. The largest absolute Gasteiger partial charge is 0.481 e. The van der Waals surface area contributed by atoms with E-state index in [9.17, 15) is 14.4 Å². The van der Waals surface area contributed by atoms with Crippen molar-refractivity contribution in [3.8, 4) is 22.5 Å². The quantitative estimate of drug-likeness (QED) is 0.101. The molecule has 53 heavy (non-hydrogen) atoms. The van der Waals surface area contributed by atoms with Crippen LogP contribution >= 0.6 is 11.3 Å². The Morgan fingerprint density at radius 1 is 0.906 bits per heavy atom. The van der Waals surface area contributed by atoms with Gasteiger partial charge in [-0.2, -0.15) is 0 Å². The van der Waals surface area contributed by atoms with Crippen LogP contribution in [0.25, 0.3) is 22.5 Å². The molecule has 0 spiro atoms. The van der Waals surface area contributed by atoms with Crippen LogP contribution in [0.4, 0.5) is 0 Å². The maximum absolute atomic E-state index is 12.8. The standard InChI is InChI=1S/C36H42N4O2S.C6H8N2O2/c1-5-23-6-10-25(11-7-23)26-14-16-27(17-15-26)29-21-38-34(39-22-29)28-12-8-24(9-13-28)20-30(33(37)41)40-35(42)31-18-19-32(43-31)36(2,3)4;9-6(10)2-1-5-3-7-4-8-5/h8-9,12-19,21-23,25,30H,5-7,10-11,20H2,1-4H3,(H2,37,41)(H,40,42);3-4H,1-2H2,(H,7,8)(H,9,10). The summed E-state index contributed by atoms with van der Waals surface area (Å²) in [6.07, 6.45) is 14.4. The van der Waals surface area contributed by atoms with Crippen LogP contribution in [0, 0.1) is 5.92 Å². The van der Waals surface area contributed by atoms with Crippen LogP contribution < -0.4 is 11.1 Å². The number of nitrogens with two attached hydrogens (primary N) is 1. The maximum Gasteiger partial charge on any atom is 0.303 e. The van der Waals surface area contributed by atoms with Crippen LogP contribution in [-0.4, -0.2) is 48.9 Å². The van der Waals surface area contributed by atoms with E-state index in [0.717, 1.165) is 38.7 Å². The van der Waals surface area contributed by atoms with Crippen LogP contribution in [0.1, 0.15) is 104 Å². The number of benzene rings is 2. The number of carbonyl (C=O) groups excluding carboxylic acids is 2. The third kappa shape index (κ3) is 11.2. The zero-order valence-corrected chi connectivity index (χ0v) is 31.8. The van der Waals surface area contributed by atoms with Crippen molar-refractivity contribution < 1.29 is 19.5 Å². The number of hydrogen-bond acceptors (Lipinski definition) is 7. The molecule has 3 heterocycles. The van der Waals surface area contributed by atoms with Crippen molar-refractivity contribution in [3.05, 3.63) is 112 Å². The first kappa shape index (κ1) is 39.1. The predicted octanol–water partition coefficient (Wildman–Crippen LogP) is 8.11. The molecule has 1 fully saturated rings. The van der Waals surface area contributed by atoms with Crippen molar-refractivity contribution in [1.82, 2.24) is 25.3 Å². The zero-order chi connectivity index (χ0) is 38.0. The van der Waals surface area contributed by atoms with Gasteiger partial charge in [0.2, 0.25) is 5.91 Å².